The Hall–Kier alpha value is -3.35. The van der Waals surface area contributed by atoms with Crippen LogP contribution in [0, 0.1) is 0 Å². The number of nitrogens with zero attached hydrogens (tertiary/aromatic N) is 3. The predicted molar refractivity (Wildman–Crippen MR) is 98.1 cm³/mol. The van der Waals surface area contributed by atoms with E-state index in [0.717, 1.165) is 16.8 Å². The molecule has 134 valence electrons. The molecule has 0 unspecified atom stereocenters. The summed E-state index contributed by atoms with van der Waals surface area (Å²) in [7, 11) is 1.56. The lowest BCUT2D eigenvalue weighted by atomic mass is 10.1. The molecule has 26 heavy (non-hydrogen) atoms. The molecule has 0 saturated carbocycles. The molecule has 3 rings (SSSR count). The van der Waals surface area contributed by atoms with Crippen molar-refractivity contribution in [2.24, 2.45) is 0 Å². The van der Waals surface area contributed by atoms with E-state index in [2.05, 4.69) is 20.6 Å². The van der Waals surface area contributed by atoms with E-state index in [0.29, 0.717) is 12.4 Å². The van der Waals surface area contributed by atoms with Gasteiger partial charge in [0.1, 0.15) is 0 Å². The maximum Gasteiger partial charge on any atom is 0.315 e. The normalized spacial score (nSPS) is 11.6. The highest BCUT2D eigenvalue weighted by atomic mass is 16.5. The highest BCUT2D eigenvalue weighted by molar-refractivity contribution is 5.74. The third kappa shape index (κ3) is 4.18. The average Bonchev–Trinajstić information content (AvgIpc) is 3.21. The number of hydrogen-bond donors (Lipinski definition) is 2. The van der Waals surface area contributed by atoms with Crippen molar-refractivity contribution in [1.29, 1.82) is 0 Å². The topological polar surface area (TPSA) is 81.1 Å². The Kier molecular flexibility index (Phi) is 5.48. The predicted octanol–water partition coefficient (Wildman–Crippen LogP) is 2.84. The van der Waals surface area contributed by atoms with Gasteiger partial charge in [0.15, 0.2) is 0 Å². The summed E-state index contributed by atoms with van der Waals surface area (Å²) in [5, 5.41) is 5.75. The number of ether oxygens (including phenoxy) is 1. The van der Waals surface area contributed by atoms with Crippen LogP contribution in [0.1, 0.15) is 24.1 Å². The van der Waals surface area contributed by atoms with Crippen LogP contribution >= 0.6 is 0 Å². The van der Waals surface area contributed by atoms with Gasteiger partial charge >= 0.3 is 6.03 Å². The van der Waals surface area contributed by atoms with E-state index < -0.39 is 0 Å². The number of nitrogens with one attached hydrogen (secondary N) is 2. The molecule has 0 aliphatic heterocycles. The van der Waals surface area contributed by atoms with Crippen LogP contribution in [0.3, 0.4) is 0 Å². The van der Waals surface area contributed by atoms with E-state index in [1.165, 1.54) is 0 Å². The number of methoxy groups -OCH3 is 1. The monoisotopic (exact) mass is 351 g/mol. The van der Waals surface area contributed by atoms with E-state index in [-0.39, 0.29) is 12.1 Å². The van der Waals surface area contributed by atoms with Crippen molar-refractivity contribution in [2.75, 3.05) is 7.11 Å². The van der Waals surface area contributed by atoms with Crippen LogP contribution in [-0.2, 0) is 6.54 Å². The molecule has 2 aromatic heterocycles. The van der Waals surface area contributed by atoms with Gasteiger partial charge in [-0.15, -0.1) is 0 Å². The van der Waals surface area contributed by atoms with Crippen molar-refractivity contribution in [3.8, 4) is 11.6 Å². The number of imidazole rings is 1. The fraction of sp³-hybridized carbons (Fsp3) is 0.211. The van der Waals surface area contributed by atoms with Crippen LogP contribution in [-0.4, -0.2) is 27.7 Å². The second kappa shape index (κ2) is 8.15. The van der Waals surface area contributed by atoms with Crippen LogP contribution in [0.4, 0.5) is 4.79 Å². The largest absolute Gasteiger partial charge is 0.481 e. The fourth-order valence-electron chi connectivity index (χ4n) is 2.60. The van der Waals surface area contributed by atoms with E-state index >= 15 is 0 Å². The molecule has 0 radical (unpaired) electrons. The lowest BCUT2D eigenvalue weighted by Crippen LogP contribution is -2.36. The number of aromatic nitrogens is 3. The number of carbonyl (C=O) groups is 1. The molecular weight excluding hydrogens is 330 g/mol. The Morgan fingerprint density at radius 1 is 1.23 bits per heavy atom. The number of carbonyl (C=O) groups excluding carboxylic acids is 1. The number of urea groups is 1. The Morgan fingerprint density at radius 3 is 2.73 bits per heavy atom. The Morgan fingerprint density at radius 2 is 2.04 bits per heavy atom. The summed E-state index contributed by atoms with van der Waals surface area (Å²) in [4.78, 5) is 20.3. The van der Waals surface area contributed by atoms with Gasteiger partial charge in [0.2, 0.25) is 5.88 Å². The number of pyridine rings is 1. The van der Waals surface area contributed by atoms with Gasteiger partial charge in [-0.2, -0.15) is 0 Å². The molecule has 0 fully saturated rings. The Balaban J connectivity index is 1.55. The van der Waals surface area contributed by atoms with Gasteiger partial charge in [-0.05, 0) is 30.7 Å². The SMILES string of the molecule is COc1ncccc1CNC(=O)N[C@@H](C)c1ccc(-n2ccnc2)cc1. The smallest absolute Gasteiger partial charge is 0.315 e. The zero-order valence-electron chi connectivity index (χ0n) is 14.7. The van der Waals surface area contributed by atoms with Crippen molar-refractivity contribution in [1.82, 2.24) is 25.2 Å². The van der Waals surface area contributed by atoms with Crippen LogP contribution < -0.4 is 15.4 Å². The van der Waals surface area contributed by atoms with E-state index in [1.807, 2.05) is 54.1 Å². The van der Waals surface area contributed by atoms with Crippen molar-refractivity contribution in [3.05, 3.63) is 72.4 Å². The number of hydrogen-bond acceptors (Lipinski definition) is 4. The third-order valence-corrected chi connectivity index (χ3v) is 4.03. The van der Waals surface area contributed by atoms with E-state index in [4.69, 9.17) is 4.74 Å². The minimum atomic E-state index is -0.248. The summed E-state index contributed by atoms with van der Waals surface area (Å²) < 4.78 is 7.11. The van der Waals surface area contributed by atoms with Gasteiger partial charge in [0.25, 0.3) is 0 Å². The molecule has 0 aliphatic carbocycles. The van der Waals surface area contributed by atoms with Gasteiger partial charge in [-0.25, -0.2) is 14.8 Å². The average molecular weight is 351 g/mol. The molecule has 7 heteroatoms. The quantitative estimate of drug-likeness (QED) is 0.715. The van der Waals surface area contributed by atoms with Crippen LogP contribution in [0.2, 0.25) is 0 Å². The first-order chi connectivity index (χ1) is 12.7. The van der Waals surface area contributed by atoms with Crippen molar-refractivity contribution >= 4 is 6.03 Å². The molecule has 0 bridgehead atoms. The van der Waals surface area contributed by atoms with Crippen molar-refractivity contribution in [3.63, 3.8) is 0 Å². The summed E-state index contributed by atoms with van der Waals surface area (Å²) in [6, 6.07) is 11.3. The fourth-order valence-corrected chi connectivity index (χ4v) is 2.60. The minimum Gasteiger partial charge on any atom is -0.481 e. The lowest BCUT2D eigenvalue weighted by molar-refractivity contribution is 0.237. The molecule has 7 nitrogen and oxygen atoms in total. The minimum absolute atomic E-state index is 0.123. The summed E-state index contributed by atoms with van der Waals surface area (Å²) in [5.74, 6) is 0.510. The molecule has 2 N–H and O–H groups in total. The molecule has 0 saturated heterocycles. The van der Waals surface area contributed by atoms with Gasteiger partial charge in [-0.1, -0.05) is 18.2 Å². The van der Waals surface area contributed by atoms with Crippen LogP contribution in [0.5, 0.6) is 5.88 Å². The van der Waals surface area contributed by atoms with E-state index in [9.17, 15) is 4.79 Å². The van der Waals surface area contributed by atoms with Gasteiger partial charge in [0, 0.05) is 36.4 Å². The lowest BCUT2D eigenvalue weighted by Gasteiger charge is -2.16. The van der Waals surface area contributed by atoms with Crippen LogP contribution in [0.25, 0.3) is 5.69 Å². The van der Waals surface area contributed by atoms with Gasteiger partial charge in [0.05, 0.1) is 19.5 Å². The first kappa shape index (κ1) is 17.5. The maximum absolute atomic E-state index is 12.2. The second-order valence-electron chi connectivity index (χ2n) is 5.78. The van der Waals surface area contributed by atoms with Crippen LogP contribution in [0.15, 0.2) is 61.3 Å². The first-order valence-corrected chi connectivity index (χ1v) is 8.28. The molecule has 1 aromatic carbocycles. The highest BCUT2D eigenvalue weighted by Gasteiger charge is 2.11. The summed E-state index contributed by atoms with van der Waals surface area (Å²) in [6.07, 6.45) is 7.02. The molecule has 1 atom stereocenters. The van der Waals surface area contributed by atoms with Gasteiger partial charge < -0.3 is 19.9 Å². The summed E-state index contributed by atoms with van der Waals surface area (Å²) >= 11 is 0. The molecule has 3 aromatic rings. The standard InChI is InChI=1S/C19H21N5O2/c1-14(15-5-7-17(8-6-15)24-11-10-20-13-24)23-19(25)22-12-16-4-3-9-21-18(16)26-2/h3-11,13-14H,12H2,1-2H3,(H2,22,23,25)/t14-/m0/s1. The maximum atomic E-state index is 12.2. The first-order valence-electron chi connectivity index (χ1n) is 8.28. The zero-order chi connectivity index (χ0) is 18.4. The molecular formula is C19H21N5O2. The number of rotatable bonds is 6. The summed E-state index contributed by atoms with van der Waals surface area (Å²) in [5.41, 5.74) is 2.86. The third-order valence-electron chi connectivity index (χ3n) is 4.03. The molecule has 2 amide bonds. The van der Waals surface area contributed by atoms with Crippen molar-refractivity contribution < 1.29 is 9.53 Å². The summed E-state index contributed by atoms with van der Waals surface area (Å²) in [6.45, 7) is 2.28. The molecule has 0 aliphatic rings. The van der Waals surface area contributed by atoms with Gasteiger partial charge in [-0.3, -0.25) is 0 Å². The van der Waals surface area contributed by atoms with Crippen molar-refractivity contribution in [2.45, 2.75) is 19.5 Å². The van der Waals surface area contributed by atoms with E-state index in [1.54, 1.807) is 25.8 Å². The number of amides is 2. The molecule has 2 heterocycles. The Labute approximate surface area is 152 Å². The highest BCUT2D eigenvalue weighted by Crippen LogP contribution is 2.16. The second-order valence-corrected chi connectivity index (χ2v) is 5.78. The zero-order valence-corrected chi connectivity index (χ0v) is 14.7. The Bertz CT molecular complexity index is 847. The molecule has 0 spiro atoms. The number of benzene rings is 1.